The zero-order valence-corrected chi connectivity index (χ0v) is 26.2. The highest BCUT2D eigenvalue weighted by molar-refractivity contribution is 6.03. The molecule has 0 saturated heterocycles. The van der Waals surface area contributed by atoms with Gasteiger partial charge in [-0.15, -0.1) is 0 Å². The number of amides is 1. The SMILES string of the molecule is COc1cc(C)c(-c2nc3ccccc3c(=O)n2N=Cc2c(OCC(=O)Nc3ccccc3)ccc3ccccc23)cc1C(C)C. The number of carbonyl (C=O) groups is 1. The molecule has 1 amide bonds. The Morgan fingerprint density at radius 1 is 0.913 bits per heavy atom. The average Bonchev–Trinajstić information content (AvgIpc) is 3.07. The molecule has 8 heteroatoms. The number of benzene rings is 5. The Balaban J connectivity index is 1.47. The van der Waals surface area contributed by atoms with Crippen LogP contribution in [0, 0.1) is 6.92 Å². The van der Waals surface area contributed by atoms with Gasteiger partial charge in [-0.25, -0.2) is 4.98 Å². The van der Waals surface area contributed by atoms with Crippen LogP contribution in [0.25, 0.3) is 33.1 Å². The van der Waals surface area contributed by atoms with Gasteiger partial charge < -0.3 is 14.8 Å². The number of hydrogen-bond acceptors (Lipinski definition) is 6. The predicted molar refractivity (Wildman–Crippen MR) is 184 cm³/mol. The number of fused-ring (bicyclic) bond motifs is 2. The van der Waals surface area contributed by atoms with Crippen molar-refractivity contribution < 1.29 is 14.3 Å². The Bertz CT molecular complexity index is 2150. The van der Waals surface area contributed by atoms with Crippen LogP contribution < -0.4 is 20.3 Å². The number of aromatic nitrogens is 2. The smallest absolute Gasteiger partial charge is 0.282 e. The molecule has 46 heavy (non-hydrogen) atoms. The number of ether oxygens (including phenoxy) is 2. The highest BCUT2D eigenvalue weighted by atomic mass is 16.5. The highest BCUT2D eigenvalue weighted by Crippen LogP contribution is 2.34. The van der Waals surface area contributed by atoms with Gasteiger partial charge in [-0.05, 0) is 77.2 Å². The van der Waals surface area contributed by atoms with Crippen LogP contribution in [0.5, 0.6) is 11.5 Å². The van der Waals surface area contributed by atoms with Gasteiger partial charge in [0.1, 0.15) is 11.5 Å². The van der Waals surface area contributed by atoms with Crippen LogP contribution in [0.3, 0.4) is 0 Å². The van der Waals surface area contributed by atoms with Crippen molar-refractivity contribution in [2.24, 2.45) is 5.10 Å². The molecule has 0 fully saturated rings. The molecular formula is C38H34N4O4. The molecule has 1 N–H and O–H groups in total. The second-order valence-corrected chi connectivity index (χ2v) is 11.3. The van der Waals surface area contributed by atoms with Crippen LogP contribution in [0.15, 0.2) is 113 Å². The molecule has 8 nitrogen and oxygen atoms in total. The summed E-state index contributed by atoms with van der Waals surface area (Å²) in [6.07, 6.45) is 1.61. The summed E-state index contributed by atoms with van der Waals surface area (Å²) in [5.74, 6) is 1.52. The Hall–Kier alpha value is -5.76. The Kier molecular flexibility index (Phi) is 8.61. The Morgan fingerprint density at radius 2 is 1.63 bits per heavy atom. The van der Waals surface area contributed by atoms with Gasteiger partial charge in [0.15, 0.2) is 12.4 Å². The largest absolute Gasteiger partial charge is 0.496 e. The molecule has 0 aliphatic carbocycles. The lowest BCUT2D eigenvalue weighted by atomic mass is 9.96. The maximum atomic E-state index is 14.0. The third-order valence-electron chi connectivity index (χ3n) is 7.84. The van der Waals surface area contributed by atoms with Crippen molar-refractivity contribution in [3.05, 3.63) is 130 Å². The minimum atomic E-state index is -0.303. The number of aryl methyl sites for hydroxylation is 1. The molecule has 0 bridgehead atoms. The molecular weight excluding hydrogens is 576 g/mol. The van der Waals surface area contributed by atoms with E-state index in [1.54, 1.807) is 19.4 Å². The third kappa shape index (κ3) is 6.10. The lowest BCUT2D eigenvalue weighted by Crippen LogP contribution is -2.21. The zero-order valence-electron chi connectivity index (χ0n) is 26.2. The second kappa shape index (κ2) is 13.1. The number of carbonyl (C=O) groups excluding carboxylic acids is 1. The van der Waals surface area contributed by atoms with E-state index in [9.17, 15) is 9.59 Å². The van der Waals surface area contributed by atoms with Gasteiger partial charge in [0.25, 0.3) is 11.5 Å². The number of nitrogens with one attached hydrogen (secondary N) is 1. The molecule has 0 aliphatic heterocycles. The fourth-order valence-corrected chi connectivity index (χ4v) is 5.48. The monoisotopic (exact) mass is 610 g/mol. The van der Waals surface area contributed by atoms with E-state index in [-0.39, 0.29) is 24.0 Å². The third-order valence-corrected chi connectivity index (χ3v) is 7.84. The first-order valence-electron chi connectivity index (χ1n) is 15.1. The van der Waals surface area contributed by atoms with Gasteiger partial charge in [0, 0.05) is 16.8 Å². The van der Waals surface area contributed by atoms with Crippen LogP contribution in [-0.2, 0) is 4.79 Å². The van der Waals surface area contributed by atoms with E-state index in [4.69, 9.17) is 19.6 Å². The minimum Gasteiger partial charge on any atom is -0.496 e. The molecule has 1 heterocycles. The number of nitrogens with zero attached hydrogens (tertiary/aromatic N) is 3. The average molecular weight is 611 g/mol. The normalized spacial score (nSPS) is 11.4. The minimum absolute atomic E-state index is 0.174. The van der Waals surface area contributed by atoms with Crippen molar-refractivity contribution in [1.82, 2.24) is 9.66 Å². The van der Waals surface area contributed by atoms with Gasteiger partial charge in [-0.3, -0.25) is 9.59 Å². The van der Waals surface area contributed by atoms with Crippen molar-refractivity contribution >= 4 is 39.5 Å². The fraction of sp³-hybridized carbons (Fsp3) is 0.158. The molecule has 0 spiro atoms. The molecule has 0 saturated carbocycles. The quantitative estimate of drug-likeness (QED) is 0.171. The number of hydrogen-bond donors (Lipinski definition) is 1. The zero-order chi connectivity index (χ0) is 32.2. The summed E-state index contributed by atoms with van der Waals surface area (Å²) in [4.78, 5) is 31.7. The van der Waals surface area contributed by atoms with Crippen LogP contribution in [0.1, 0.15) is 36.5 Å². The van der Waals surface area contributed by atoms with Gasteiger partial charge in [-0.2, -0.15) is 9.78 Å². The van der Waals surface area contributed by atoms with Crippen molar-refractivity contribution in [1.29, 1.82) is 0 Å². The summed E-state index contributed by atoms with van der Waals surface area (Å²) in [6, 6.07) is 32.0. The van der Waals surface area contributed by atoms with E-state index < -0.39 is 0 Å². The standard InChI is InChI=1S/C38H34N4O4/c1-24(2)30-21-31(25(3)20-35(30)45-4)37-41-33-17-11-10-16-29(33)38(44)42(37)39-22-32-28-15-9-8-12-26(28)18-19-34(32)46-23-36(43)40-27-13-6-5-7-14-27/h5-22,24H,23H2,1-4H3,(H,40,43). The summed E-state index contributed by atoms with van der Waals surface area (Å²) in [5.41, 5.74) is 4.26. The van der Waals surface area contributed by atoms with Crippen molar-refractivity contribution in [3.63, 3.8) is 0 Å². The van der Waals surface area contributed by atoms with E-state index in [0.717, 1.165) is 33.2 Å². The van der Waals surface area contributed by atoms with Gasteiger partial charge in [0.05, 0.1) is 24.2 Å². The number of para-hydroxylation sites is 2. The number of methoxy groups -OCH3 is 1. The Labute approximate surface area is 267 Å². The summed E-state index contributed by atoms with van der Waals surface area (Å²) >= 11 is 0. The van der Waals surface area contributed by atoms with E-state index in [0.29, 0.717) is 33.7 Å². The summed E-state index contributed by atoms with van der Waals surface area (Å²) in [6.45, 7) is 5.95. The summed E-state index contributed by atoms with van der Waals surface area (Å²) in [7, 11) is 1.66. The Morgan fingerprint density at radius 3 is 2.39 bits per heavy atom. The number of rotatable bonds is 9. The molecule has 0 aliphatic rings. The summed E-state index contributed by atoms with van der Waals surface area (Å²) in [5, 5.41) is 9.88. The first-order chi connectivity index (χ1) is 22.3. The fourth-order valence-electron chi connectivity index (χ4n) is 5.48. The molecule has 0 atom stereocenters. The molecule has 1 aromatic heterocycles. The van der Waals surface area contributed by atoms with Crippen LogP contribution >= 0.6 is 0 Å². The van der Waals surface area contributed by atoms with E-state index >= 15 is 0 Å². The molecule has 6 aromatic rings. The van der Waals surface area contributed by atoms with Crippen molar-refractivity contribution in [2.75, 3.05) is 19.0 Å². The van der Waals surface area contributed by atoms with Gasteiger partial charge in [0.2, 0.25) is 0 Å². The van der Waals surface area contributed by atoms with E-state index in [2.05, 4.69) is 19.2 Å². The molecule has 230 valence electrons. The van der Waals surface area contributed by atoms with Crippen molar-refractivity contribution in [3.8, 4) is 22.9 Å². The van der Waals surface area contributed by atoms with Crippen LogP contribution in [0.4, 0.5) is 5.69 Å². The predicted octanol–water partition coefficient (Wildman–Crippen LogP) is 7.56. The lowest BCUT2D eigenvalue weighted by molar-refractivity contribution is -0.118. The van der Waals surface area contributed by atoms with Crippen LogP contribution in [0.2, 0.25) is 0 Å². The molecule has 6 rings (SSSR count). The summed E-state index contributed by atoms with van der Waals surface area (Å²) < 4.78 is 13.1. The first kappa shape index (κ1) is 30.3. The maximum absolute atomic E-state index is 14.0. The van der Waals surface area contributed by atoms with Gasteiger partial charge in [-0.1, -0.05) is 74.5 Å². The van der Waals surface area contributed by atoms with Gasteiger partial charge >= 0.3 is 0 Å². The van der Waals surface area contributed by atoms with Crippen molar-refractivity contribution in [2.45, 2.75) is 26.7 Å². The second-order valence-electron chi connectivity index (χ2n) is 11.3. The molecule has 5 aromatic carbocycles. The topological polar surface area (TPSA) is 94.8 Å². The van der Waals surface area contributed by atoms with E-state index in [1.807, 2.05) is 104 Å². The van der Waals surface area contributed by atoms with Crippen LogP contribution in [-0.4, -0.2) is 35.5 Å². The highest BCUT2D eigenvalue weighted by Gasteiger charge is 2.19. The first-order valence-corrected chi connectivity index (χ1v) is 15.1. The maximum Gasteiger partial charge on any atom is 0.282 e. The molecule has 0 unspecified atom stereocenters. The van der Waals surface area contributed by atoms with E-state index in [1.165, 1.54) is 4.68 Å². The molecule has 0 radical (unpaired) electrons. The lowest BCUT2D eigenvalue weighted by Gasteiger charge is -2.17. The number of anilines is 1.